The molecule has 1 saturated carbocycles. The van der Waals surface area contributed by atoms with Crippen molar-refractivity contribution in [3.05, 3.63) is 18.0 Å². The van der Waals surface area contributed by atoms with Crippen molar-refractivity contribution in [1.82, 2.24) is 25.7 Å². The molecule has 1 aliphatic heterocycles. The highest BCUT2D eigenvalue weighted by Gasteiger charge is 2.23. The van der Waals surface area contributed by atoms with Crippen molar-refractivity contribution < 1.29 is 9.59 Å². The van der Waals surface area contributed by atoms with E-state index in [2.05, 4.69) is 28.0 Å². The molecule has 7 nitrogen and oxygen atoms in total. The number of rotatable bonds is 5. The molecule has 3 rings (SSSR count). The van der Waals surface area contributed by atoms with Crippen LogP contribution < -0.4 is 16.0 Å². The van der Waals surface area contributed by atoms with E-state index in [-0.39, 0.29) is 24.4 Å². The van der Waals surface area contributed by atoms with Crippen molar-refractivity contribution in [2.45, 2.75) is 64.1 Å². The van der Waals surface area contributed by atoms with Gasteiger partial charge in [0.25, 0.3) is 5.91 Å². The van der Waals surface area contributed by atoms with Crippen molar-refractivity contribution in [2.24, 2.45) is 5.92 Å². The van der Waals surface area contributed by atoms with Crippen molar-refractivity contribution >= 4 is 11.8 Å². The minimum Gasteiger partial charge on any atom is -0.352 e. The van der Waals surface area contributed by atoms with Gasteiger partial charge in [-0.1, -0.05) is 26.2 Å². The van der Waals surface area contributed by atoms with Crippen LogP contribution in [0.3, 0.4) is 0 Å². The molecule has 0 radical (unpaired) electrons. The first-order valence-electron chi connectivity index (χ1n) is 9.45. The predicted octanol–water partition coefficient (Wildman–Crippen LogP) is 1.06. The number of hydrogen-bond acceptors (Lipinski definition) is 4. The summed E-state index contributed by atoms with van der Waals surface area (Å²) in [6.07, 6.45) is 10.0. The van der Waals surface area contributed by atoms with E-state index in [0.717, 1.165) is 32.4 Å². The molecule has 2 aliphatic rings. The molecule has 0 aromatic carbocycles. The Morgan fingerprint density at radius 2 is 2.04 bits per heavy atom. The average Bonchev–Trinajstić information content (AvgIpc) is 3.06. The molecule has 1 aliphatic carbocycles. The van der Waals surface area contributed by atoms with Gasteiger partial charge in [0.05, 0.1) is 11.8 Å². The quantitative estimate of drug-likeness (QED) is 0.743. The summed E-state index contributed by atoms with van der Waals surface area (Å²) in [4.78, 5) is 24.5. The first-order chi connectivity index (χ1) is 12.1. The Bertz CT molecular complexity index is 594. The summed E-state index contributed by atoms with van der Waals surface area (Å²) >= 11 is 0. The largest absolute Gasteiger partial charge is 0.352 e. The van der Waals surface area contributed by atoms with Gasteiger partial charge >= 0.3 is 0 Å². The first-order valence-corrected chi connectivity index (χ1v) is 9.45. The molecule has 2 fully saturated rings. The maximum Gasteiger partial charge on any atom is 0.254 e. The highest BCUT2D eigenvalue weighted by Crippen LogP contribution is 2.17. The minimum absolute atomic E-state index is 0.0351. The lowest BCUT2D eigenvalue weighted by molar-refractivity contribution is -0.122. The lowest BCUT2D eigenvalue weighted by Gasteiger charge is -2.30. The van der Waals surface area contributed by atoms with Gasteiger partial charge in [0, 0.05) is 24.8 Å². The van der Waals surface area contributed by atoms with Crippen molar-refractivity contribution in [2.75, 3.05) is 13.1 Å². The van der Waals surface area contributed by atoms with Crippen molar-refractivity contribution in [1.29, 1.82) is 0 Å². The van der Waals surface area contributed by atoms with E-state index in [1.165, 1.54) is 30.1 Å². The number of hydrogen-bond donors (Lipinski definition) is 3. The fourth-order valence-electron chi connectivity index (χ4n) is 3.67. The van der Waals surface area contributed by atoms with E-state index in [0.29, 0.717) is 17.5 Å². The summed E-state index contributed by atoms with van der Waals surface area (Å²) in [6, 6.07) is 0.430. The van der Waals surface area contributed by atoms with E-state index in [1.54, 1.807) is 6.20 Å². The summed E-state index contributed by atoms with van der Waals surface area (Å²) in [5.74, 6) is 0.299. The fraction of sp³-hybridized carbons (Fsp3) is 0.722. The summed E-state index contributed by atoms with van der Waals surface area (Å²) in [5.41, 5.74) is 0.503. The Balaban J connectivity index is 1.49. The molecule has 2 heterocycles. The number of carbonyl (C=O) groups is 2. The van der Waals surface area contributed by atoms with Crippen LogP contribution in [0.4, 0.5) is 0 Å². The van der Waals surface area contributed by atoms with Gasteiger partial charge in [-0.05, 0) is 31.7 Å². The predicted molar refractivity (Wildman–Crippen MR) is 95.1 cm³/mol. The standard InChI is InChI=1S/C18H29N5O2/c1-13-7-8-19-10-16(13)22-18(25)14-9-20-23(11-14)12-17(24)21-15-5-3-2-4-6-15/h9,11,13,15-16,19H,2-8,10,12H2,1H3,(H,21,24)(H,22,25). The topological polar surface area (TPSA) is 88.0 Å². The Morgan fingerprint density at radius 1 is 1.24 bits per heavy atom. The number of amides is 2. The molecule has 3 N–H and O–H groups in total. The van der Waals surface area contributed by atoms with E-state index in [9.17, 15) is 9.59 Å². The zero-order valence-corrected chi connectivity index (χ0v) is 15.0. The Labute approximate surface area is 148 Å². The summed E-state index contributed by atoms with van der Waals surface area (Å²) in [5, 5.41) is 13.6. The van der Waals surface area contributed by atoms with Crippen LogP contribution in [0.5, 0.6) is 0 Å². The number of nitrogens with zero attached hydrogens (tertiary/aromatic N) is 2. The maximum atomic E-state index is 12.4. The smallest absolute Gasteiger partial charge is 0.254 e. The van der Waals surface area contributed by atoms with Crippen molar-refractivity contribution in [3.8, 4) is 0 Å². The van der Waals surface area contributed by atoms with Crippen LogP contribution in [0.2, 0.25) is 0 Å². The SMILES string of the molecule is CC1CCNCC1NC(=O)c1cnn(CC(=O)NC2CCCCC2)c1. The molecular weight excluding hydrogens is 318 g/mol. The second-order valence-corrected chi connectivity index (χ2v) is 7.38. The minimum atomic E-state index is -0.125. The lowest BCUT2D eigenvalue weighted by Crippen LogP contribution is -2.50. The van der Waals surface area contributed by atoms with Gasteiger partial charge < -0.3 is 16.0 Å². The third-order valence-corrected chi connectivity index (χ3v) is 5.32. The molecule has 2 amide bonds. The van der Waals surface area contributed by atoms with E-state index >= 15 is 0 Å². The van der Waals surface area contributed by atoms with Crippen LogP contribution in [-0.4, -0.2) is 46.8 Å². The maximum absolute atomic E-state index is 12.4. The first kappa shape index (κ1) is 17.9. The molecule has 0 bridgehead atoms. The van der Waals surface area contributed by atoms with Crippen LogP contribution >= 0.6 is 0 Å². The van der Waals surface area contributed by atoms with Crippen LogP contribution in [0.25, 0.3) is 0 Å². The van der Waals surface area contributed by atoms with Crippen LogP contribution in [0, 0.1) is 5.92 Å². The van der Waals surface area contributed by atoms with Crippen LogP contribution in [0.15, 0.2) is 12.4 Å². The van der Waals surface area contributed by atoms with Gasteiger partial charge in [-0.25, -0.2) is 0 Å². The number of aromatic nitrogens is 2. The molecule has 2 atom stereocenters. The molecule has 0 spiro atoms. The summed E-state index contributed by atoms with van der Waals surface area (Å²) in [6.45, 7) is 4.11. The highest BCUT2D eigenvalue weighted by molar-refractivity contribution is 5.94. The number of piperidine rings is 1. The van der Waals surface area contributed by atoms with Gasteiger partial charge in [-0.15, -0.1) is 0 Å². The van der Waals surface area contributed by atoms with E-state index in [1.807, 2.05) is 0 Å². The Hall–Kier alpha value is -1.89. The number of carbonyl (C=O) groups excluding carboxylic acids is 2. The van der Waals surface area contributed by atoms with Gasteiger partial charge in [0.15, 0.2) is 0 Å². The lowest BCUT2D eigenvalue weighted by atomic mass is 9.94. The summed E-state index contributed by atoms with van der Waals surface area (Å²) in [7, 11) is 0. The van der Waals surface area contributed by atoms with Crippen molar-refractivity contribution in [3.63, 3.8) is 0 Å². The summed E-state index contributed by atoms with van der Waals surface area (Å²) < 4.78 is 1.54. The Morgan fingerprint density at radius 3 is 2.80 bits per heavy atom. The second-order valence-electron chi connectivity index (χ2n) is 7.38. The van der Waals surface area contributed by atoms with E-state index in [4.69, 9.17) is 0 Å². The van der Waals surface area contributed by atoms with Crippen LogP contribution in [0.1, 0.15) is 55.8 Å². The fourth-order valence-corrected chi connectivity index (χ4v) is 3.67. The molecule has 25 heavy (non-hydrogen) atoms. The molecule has 138 valence electrons. The van der Waals surface area contributed by atoms with Gasteiger partial charge in [0.2, 0.25) is 5.91 Å². The second kappa shape index (κ2) is 8.47. The van der Waals surface area contributed by atoms with Crippen LogP contribution in [-0.2, 0) is 11.3 Å². The third kappa shape index (κ3) is 5.04. The molecule has 2 unspecified atom stereocenters. The normalized spacial score (nSPS) is 24.7. The van der Waals surface area contributed by atoms with E-state index < -0.39 is 0 Å². The van der Waals surface area contributed by atoms with Gasteiger partial charge in [-0.2, -0.15) is 5.10 Å². The molecule has 1 aromatic rings. The monoisotopic (exact) mass is 347 g/mol. The zero-order valence-electron chi connectivity index (χ0n) is 15.0. The average molecular weight is 347 g/mol. The zero-order chi connectivity index (χ0) is 17.6. The Kier molecular flexibility index (Phi) is 6.07. The van der Waals surface area contributed by atoms with Gasteiger partial charge in [0.1, 0.15) is 6.54 Å². The molecule has 1 saturated heterocycles. The molecule has 7 heteroatoms. The van der Waals surface area contributed by atoms with Gasteiger partial charge in [-0.3, -0.25) is 14.3 Å². The molecule has 1 aromatic heterocycles. The number of nitrogens with one attached hydrogen (secondary N) is 3. The third-order valence-electron chi connectivity index (χ3n) is 5.32. The highest BCUT2D eigenvalue weighted by atomic mass is 16.2. The molecular formula is C18H29N5O2.